The van der Waals surface area contributed by atoms with Crippen molar-refractivity contribution in [1.82, 2.24) is 0 Å². The van der Waals surface area contributed by atoms with Gasteiger partial charge >= 0.3 is 5.97 Å². The number of hydrogen-bond acceptors (Lipinski definition) is 3. The van der Waals surface area contributed by atoms with E-state index in [1.807, 2.05) is 6.92 Å². The lowest BCUT2D eigenvalue weighted by molar-refractivity contribution is -0.133. The molecule has 0 aromatic heterocycles. The third-order valence-electron chi connectivity index (χ3n) is 0.723. The van der Waals surface area contributed by atoms with E-state index in [0.29, 0.717) is 12.7 Å². The number of rotatable bonds is 4. The van der Waals surface area contributed by atoms with E-state index in [2.05, 4.69) is 0 Å². The largest absolute Gasteiger partial charge is 0.447 e. The smallest absolute Gasteiger partial charge is 0.308 e. The van der Waals surface area contributed by atoms with Crippen LogP contribution in [0.2, 0.25) is 0 Å². The van der Waals surface area contributed by atoms with Crippen molar-refractivity contribution in [3.63, 3.8) is 0 Å². The van der Waals surface area contributed by atoms with Crippen molar-refractivity contribution < 1.29 is 9.32 Å². The Bertz CT molecular complexity index is 87.0. The standard InChI is InChI=1S/C5H12NO2P/c1-2-3-5(7)8-9-4-6/h9H,2-4,6H2,1H3. The molecule has 0 aliphatic rings. The van der Waals surface area contributed by atoms with Gasteiger partial charge in [-0.15, -0.1) is 0 Å². The number of nitrogens with two attached hydrogens (primary N) is 1. The number of hydrogen-bond donors (Lipinski definition) is 1. The maximum absolute atomic E-state index is 10.5. The topological polar surface area (TPSA) is 52.3 Å². The van der Waals surface area contributed by atoms with Crippen LogP contribution in [0.25, 0.3) is 0 Å². The highest BCUT2D eigenvalue weighted by molar-refractivity contribution is 7.32. The molecule has 4 heteroatoms. The van der Waals surface area contributed by atoms with Crippen LogP contribution >= 0.6 is 8.81 Å². The summed E-state index contributed by atoms with van der Waals surface area (Å²) in [5.41, 5.74) is 5.11. The van der Waals surface area contributed by atoms with Crippen LogP contribution in [0.1, 0.15) is 19.8 Å². The molecule has 0 spiro atoms. The Hall–Kier alpha value is -0.140. The summed E-state index contributed by atoms with van der Waals surface area (Å²) >= 11 is 0. The average molecular weight is 149 g/mol. The third kappa shape index (κ3) is 5.74. The normalized spacial score (nSPS) is 10.4. The molecule has 0 aliphatic heterocycles. The predicted octanol–water partition coefficient (Wildman–Crippen LogP) is 0.839. The Morgan fingerprint density at radius 3 is 2.89 bits per heavy atom. The van der Waals surface area contributed by atoms with Crippen molar-refractivity contribution in [2.75, 3.05) is 6.29 Å². The van der Waals surface area contributed by atoms with Crippen LogP contribution in [-0.4, -0.2) is 12.3 Å². The van der Waals surface area contributed by atoms with Gasteiger partial charge in [-0.25, -0.2) is 0 Å². The quantitative estimate of drug-likeness (QED) is 0.602. The zero-order valence-corrected chi connectivity index (χ0v) is 6.52. The average Bonchev–Trinajstić information content (AvgIpc) is 1.85. The predicted molar refractivity (Wildman–Crippen MR) is 38.4 cm³/mol. The molecule has 0 bridgehead atoms. The summed E-state index contributed by atoms with van der Waals surface area (Å²) in [6.07, 6.45) is 1.79. The first-order valence-corrected chi connectivity index (χ1v) is 4.05. The Labute approximate surface area is 56.8 Å². The Morgan fingerprint density at radius 1 is 1.78 bits per heavy atom. The van der Waals surface area contributed by atoms with E-state index in [9.17, 15) is 4.79 Å². The highest BCUT2D eigenvalue weighted by atomic mass is 31.1. The second-order valence-electron chi connectivity index (χ2n) is 1.57. The molecule has 1 atom stereocenters. The fourth-order valence-electron chi connectivity index (χ4n) is 0.377. The molecule has 0 saturated carbocycles. The molecule has 1 unspecified atom stereocenters. The molecule has 0 aromatic carbocycles. The molecule has 0 aliphatic carbocycles. The molecule has 0 aromatic rings. The minimum Gasteiger partial charge on any atom is -0.447 e. The van der Waals surface area contributed by atoms with E-state index >= 15 is 0 Å². The van der Waals surface area contributed by atoms with Gasteiger partial charge in [-0.2, -0.15) is 0 Å². The minimum atomic E-state index is -0.138. The van der Waals surface area contributed by atoms with E-state index in [0.717, 1.165) is 6.42 Å². The van der Waals surface area contributed by atoms with E-state index in [-0.39, 0.29) is 14.8 Å². The monoisotopic (exact) mass is 149 g/mol. The van der Waals surface area contributed by atoms with E-state index in [1.54, 1.807) is 0 Å². The van der Waals surface area contributed by atoms with E-state index < -0.39 is 0 Å². The van der Waals surface area contributed by atoms with Gasteiger partial charge in [0.05, 0.1) is 8.81 Å². The van der Waals surface area contributed by atoms with Crippen LogP contribution in [0.4, 0.5) is 0 Å². The second kappa shape index (κ2) is 5.99. The summed E-state index contributed by atoms with van der Waals surface area (Å²) in [5.74, 6) is -0.138. The summed E-state index contributed by atoms with van der Waals surface area (Å²) in [6, 6.07) is 0. The molecule has 0 amide bonds. The fraction of sp³-hybridized carbons (Fsp3) is 0.800. The van der Waals surface area contributed by atoms with Crippen molar-refractivity contribution >= 4 is 14.8 Å². The van der Waals surface area contributed by atoms with Gasteiger partial charge in [-0.05, 0) is 6.42 Å². The van der Waals surface area contributed by atoms with Gasteiger partial charge in [0.25, 0.3) is 0 Å². The maximum atomic E-state index is 10.5. The van der Waals surface area contributed by atoms with Crippen molar-refractivity contribution in [3.8, 4) is 0 Å². The summed E-state index contributed by atoms with van der Waals surface area (Å²) < 4.78 is 4.70. The molecular weight excluding hydrogens is 137 g/mol. The summed E-state index contributed by atoms with van der Waals surface area (Å²) in [4.78, 5) is 10.5. The molecular formula is C5H12NO2P. The first kappa shape index (κ1) is 8.86. The first-order valence-electron chi connectivity index (χ1n) is 2.93. The number of carbonyl (C=O) groups excluding carboxylic acids is 1. The zero-order valence-electron chi connectivity index (χ0n) is 5.52. The molecule has 3 nitrogen and oxygen atoms in total. The van der Waals surface area contributed by atoms with Crippen LogP contribution in [0.3, 0.4) is 0 Å². The van der Waals surface area contributed by atoms with Crippen molar-refractivity contribution in [3.05, 3.63) is 0 Å². The second-order valence-corrected chi connectivity index (χ2v) is 2.47. The molecule has 9 heavy (non-hydrogen) atoms. The van der Waals surface area contributed by atoms with Crippen LogP contribution < -0.4 is 5.73 Å². The van der Waals surface area contributed by atoms with Gasteiger partial charge in [0.1, 0.15) is 0 Å². The van der Waals surface area contributed by atoms with Gasteiger partial charge in [0.15, 0.2) is 0 Å². The number of carbonyl (C=O) groups is 1. The summed E-state index contributed by atoms with van der Waals surface area (Å²) in [5, 5.41) is 0. The highest BCUT2D eigenvalue weighted by Gasteiger charge is 1.97. The molecule has 0 radical (unpaired) electrons. The van der Waals surface area contributed by atoms with Gasteiger partial charge in [0, 0.05) is 12.7 Å². The summed E-state index contributed by atoms with van der Waals surface area (Å²) in [7, 11) is 0.133. The Kier molecular flexibility index (Phi) is 5.89. The lowest BCUT2D eigenvalue weighted by atomic mass is 10.4. The Balaban J connectivity index is 3.06. The zero-order chi connectivity index (χ0) is 7.11. The van der Waals surface area contributed by atoms with Gasteiger partial charge in [-0.1, -0.05) is 6.92 Å². The molecule has 54 valence electrons. The van der Waals surface area contributed by atoms with Gasteiger partial charge in [0.2, 0.25) is 0 Å². The molecule has 0 fully saturated rings. The molecule has 2 N–H and O–H groups in total. The minimum absolute atomic E-state index is 0.133. The van der Waals surface area contributed by atoms with Crippen molar-refractivity contribution in [2.45, 2.75) is 19.8 Å². The first-order chi connectivity index (χ1) is 4.31. The molecule has 0 heterocycles. The van der Waals surface area contributed by atoms with Crippen molar-refractivity contribution in [2.24, 2.45) is 5.73 Å². The summed E-state index contributed by atoms with van der Waals surface area (Å²) in [6.45, 7) is 1.94. The maximum Gasteiger partial charge on any atom is 0.308 e. The van der Waals surface area contributed by atoms with Gasteiger partial charge in [-0.3, -0.25) is 4.79 Å². The molecule has 0 saturated heterocycles. The lowest BCUT2D eigenvalue weighted by Gasteiger charge is -1.98. The SMILES string of the molecule is CCCC(=O)OPCN. The molecule has 0 rings (SSSR count). The van der Waals surface area contributed by atoms with Crippen LogP contribution in [0, 0.1) is 0 Å². The van der Waals surface area contributed by atoms with Crippen LogP contribution in [-0.2, 0) is 9.32 Å². The fourth-order valence-corrected chi connectivity index (χ4v) is 0.724. The van der Waals surface area contributed by atoms with Crippen LogP contribution in [0.5, 0.6) is 0 Å². The van der Waals surface area contributed by atoms with Gasteiger partial charge < -0.3 is 10.3 Å². The third-order valence-corrected chi connectivity index (χ3v) is 1.26. The Morgan fingerprint density at radius 2 is 2.44 bits per heavy atom. The lowest BCUT2D eigenvalue weighted by Crippen LogP contribution is -1.99. The highest BCUT2D eigenvalue weighted by Crippen LogP contribution is 2.09. The van der Waals surface area contributed by atoms with Crippen LogP contribution in [0.15, 0.2) is 0 Å². The van der Waals surface area contributed by atoms with E-state index in [4.69, 9.17) is 10.3 Å². The van der Waals surface area contributed by atoms with Crippen molar-refractivity contribution in [1.29, 1.82) is 0 Å². The van der Waals surface area contributed by atoms with E-state index in [1.165, 1.54) is 0 Å².